The third-order valence-electron chi connectivity index (χ3n) is 3.85. The summed E-state index contributed by atoms with van der Waals surface area (Å²) < 4.78 is 10.5. The van der Waals surface area contributed by atoms with Crippen molar-refractivity contribution >= 4 is 17.2 Å². The second-order valence-electron chi connectivity index (χ2n) is 5.13. The number of aromatic nitrogens is 1. The van der Waals surface area contributed by atoms with Crippen LogP contribution in [-0.2, 0) is 0 Å². The standard InChI is InChI=1S/C16H18N2O3S/c1-20-12-8-11(9-13(10-12)21-2)16(19)18-6-3-4-14(18)15-17-5-7-22-15/h5,7-10,14H,3-4,6H2,1-2H3. The first kappa shape index (κ1) is 14.8. The van der Waals surface area contributed by atoms with E-state index < -0.39 is 0 Å². The van der Waals surface area contributed by atoms with Gasteiger partial charge in [-0.2, -0.15) is 0 Å². The van der Waals surface area contributed by atoms with Crippen LogP contribution in [-0.4, -0.2) is 36.6 Å². The predicted octanol–water partition coefficient (Wildman–Crippen LogP) is 3.14. The molecule has 22 heavy (non-hydrogen) atoms. The van der Waals surface area contributed by atoms with Crippen molar-refractivity contribution in [2.75, 3.05) is 20.8 Å². The lowest BCUT2D eigenvalue weighted by atomic mass is 10.1. The summed E-state index contributed by atoms with van der Waals surface area (Å²) in [4.78, 5) is 19.1. The highest BCUT2D eigenvalue weighted by molar-refractivity contribution is 7.09. The Kier molecular flexibility index (Phi) is 4.29. The molecule has 5 nitrogen and oxygen atoms in total. The SMILES string of the molecule is COc1cc(OC)cc(C(=O)N2CCCC2c2nccs2)c1. The summed E-state index contributed by atoms with van der Waals surface area (Å²) in [5.41, 5.74) is 0.583. The zero-order valence-electron chi connectivity index (χ0n) is 12.6. The van der Waals surface area contributed by atoms with Crippen molar-refractivity contribution < 1.29 is 14.3 Å². The molecule has 1 amide bonds. The second kappa shape index (κ2) is 6.36. The van der Waals surface area contributed by atoms with E-state index >= 15 is 0 Å². The van der Waals surface area contributed by atoms with Gasteiger partial charge in [-0.15, -0.1) is 11.3 Å². The first-order valence-corrected chi connectivity index (χ1v) is 8.04. The molecule has 116 valence electrons. The van der Waals surface area contributed by atoms with Gasteiger partial charge in [0.2, 0.25) is 0 Å². The maximum atomic E-state index is 12.9. The molecule has 1 saturated heterocycles. The van der Waals surface area contributed by atoms with Gasteiger partial charge in [-0.1, -0.05) is 0 Å². The summed E-state index contributed by atoms with van der Waals surface area (Å²) in [5, 5.41) is 2.95. The van der Waals surface area contributed by atoms with Gasteiger partial charge in [-0.25, -0.2) is 4.98 Å². The number of benzene rings is 1. The second-order valence-corrected chi connectivity index (χ2v) is 6.05. The van der Waals surface area contributed by atoms with E-state index in [0.29, 0.717) is 17.1 Å². The molecule has 0 spiro atoms. The number of rotatable bonds is 4. The van der Waals surface area contributed by atoms with Gasteiger partial charge in [0.15, 0.2) is 0 Å². The van der Waals surface area contributed by atoms with Crippen LogP contribution in [0.15, 0.2) is 29.8 Å². The van der Waals surface area contributed by atoms with E-state index in [-0.39, 0.29) is 11.9 Å². The molecule has 1 aromatic carbocycles. The maximum Gasteiger partial charge on any atom is 0.254 e. The topological polar surface area (TPSA) is 51.7 Å². The van der Waals surface area contributed by atoms with Crippen LogP contribution in [0.1, 0.15) is 34.2 Å². The molecule has 3 rings (SSSR count). The van der Waals surface area contributed by atoms with Gasteiger partial charge in [-0.3, -0.25) is 4.79 Å². The number of amides is 1. The Morgan fingerprint density at radius 3 is 2.59 bits per heavy atom. The van der Waals surface area contributed by atoms with Crippen LogP contribution in [0.3, 0.4) is 0 Å². The quantitative estimate of drug-likeness (QED) is 0.869. The summed E-state index contributed by atoms with van der Waals surface area (Å²) in [7, 11) is 3.16. The molecule has 1 atom stereocenters. The minimum atomic E-state index is -0.00472. The number of hydrogen-bond acceptors (Lipinski definition) is 5. The molecule has 2 heterocycles. The van der Waals surface area contributed by atoms with Crippen LogP contribution in [0.25, 0.3) is 0 Å². The lowest BCUT2D eigenvalue weighted by Gasteiger charge is -2.23. The Morgan fingerprint density at radius 2 is 2.00 bits per heavy atom. The molecule has 1 aliphatic rings. The third kappa shape index (κ3) is 2.78. The van der Waals surface area contributed by atoms with Gasteiger partial charge in [-0.05, 0) is 25.0 Å². The van der Waals surface area contributed by atoms with Crippen LogP contribution in [0.5, 0.6) is 11.5 Å². The number of likely N-dealkylation sites (tertiary alicyclic amines) is 1. The Morgan fingerprint density at radius 1 is 1.27 bits per heavy atom. The number of carbonyl (C=O) groups excluding carboxylic acids is 1. The molecule has 1 unspecified atom stereocenters. The van der Waals surface area contributed by atoms with Crippen LogP contribution in [0.2, 0.25) is 0 Å². The van der Waals surface area contributed by atoms with Gasteiger partial charge >= 0.3 is 0 Å². The molecule has 1 aliphatic heterocycles. The fourth-order valence-corrected chi connectivity index (χ4v) is 3.55. The van der Waals surface area contributed by atoms with Crippen LogP contribution in [0, 0.1) is 0 Å². The highest BCUT2D eigenvalue weighted by Gasteiger charge is 2.32. The van der Waals surface area contributed by atoms with Crippen molar-refractivity contribution in [3.8, 4) is 11.5 Å². The summed E-state index contributed by atoms with van der Waals surface area (Å²) in [6, 6.07) is 5.34. The minimum absolute atomic E-state index is 0.00472. The van der Waals surface area contributed by atoms with E-state index in [1.807, 2.05) is 10.3 Å². The van der Waals surface area contributed by atoms with Crippen molar-refractivity contribution in [1.29, 1.82) is 0 Å². The molecule has 0 radical (unpaired) electrons. The number of ether oxygens (including phenoxy) is 2. The van der Waals surface area contributed by atoms with Gasteiger partial charge in [0, 0.05) is 29.8 Å². The molecule has 0 N–H and O–H groups in total. The predicted molar refractivity (Wildman–Crippen MR) is 84.7 cm³/mol. The number of nitrogens with zero attached hydrogens (tertiary/aromatic N) is 2. The number of methoxy groups -OCH3 is 2. The third-order valence-corrected chi connectivity index (χ3v) is 4.73. The van der Waals surface area contributed by atoms with Crippen molar-refractivity contribution in [1.82, 2.24) is 9.88 Å². The first-order chi connectivity index (χ1) is 10.7. The monoisotopic (exact) mass is 318 g/mol. The van der Waals surface area contributed by atoms with Crippen molar-refractivity contribution in [2.45, 2.75) is 18.9 Å². The molecule has 1 aromatic heterocycles. The lowest BCUT2D eigenvalue weighted by Crippen LogP contribution is -2.30. The van der Waals surface area contributed by atoms with Crippen molar-refractivity contribution in [3.05, 3.63) is 40.3 Å². The molecule has 0 aliphatic carbocycles. The Balaban J connectivity index is 1.90. The Bertz CT molecular complexity index is 635. The van der Waals surface area contributed by atoms with Crippen molar-refractivity contribution in [3.63, 3.8) is 0 Å². The first-order valence-electron chi connectivity index (χ1n) is 7.16. The fraction of sp³-hybridized carbons (Fsp3) is 0.375. The summed E-state index contributed by atoms with van der Waals surface area (Å²) in [6.07, 6.45) is 3.74. The molecule has 0 saturated carbocycles. The highest BCUT2D eigenvalue weighted by Crippen LogP contribution is 2.35. The Hall–Kier alpha value is -2.08. The maximum absolute atomic E-state index is 12.9. The molecular formula is C16H18N2O3S. The van der Waals surface area contributed by atoms with E-state index in [2.05, 4.69) is 4.98 Å². The van der Waals surface area contributed by atoms with E-state index in [9.17, 15) is 4.79 Å². The number of thiazole rings is 1. The van der Waals surface area contributed by atoms with Crippen molar-refractivity contribution in [2.24, 2.45) is 0 Å². The van der Waals surface area contributed by atoms with Crippen LogP contribution >= 0.6 is 11.3 Å². The van der Waals surface area contributed by atoms with E-state index in [4.69, 9.17) is 9.47 Å². The van der Waals surface area contributed by atoms with Crippen LogP contribution in [0.4, 0.5) is 0 Å². The summed E-state index contributed by atoms with van der Waals surface area (Å²) in [5.74, 6) is 1.23. The summed E-state index contributed by atoms with van der Waals surface area (Å²) >= 11 is 1.60. The number of carbonyl (C=O) groups is 1. The minimum Gasteiger partial charge on any atom is -0.497 e. The van der Waals surface area contributed by atoms with Gasteiger partial charge in [0.25, 0.3) is 5.91 Å². The zero-order valence-corrected chi connectivity index (χ0v) is 13.4. The normalized spacial score (nSPS) is 17.5. The number of hydrogen-bond donors (Lipinski definition) is 0. The van der Waals surface area contributed by atoms with E-state index in [1.165, 1.54) is 0 Å². The molecule has 1 fully saturated rings. The molecular weight excluding hydrogens is 300 g/mol. The van der Waals surface area contributed by atoms with E-state index in [0.717, 1.165) is 24.4 Å². The molecule has 2 aromatic rings. The average molecular weight is 318 g/mol. The zero-order chi connectivity index (χ0) is 15.5. The molecule has 6 heteroatoms. The molecule has 0 bridgehead atoms. The van der Waals surface area contributed by atoms with Gasteiger partial charge in [0.05, 0.1) is 20.3 Å². The fourth-order valence-electron chi connectivity index (χ4n) is 2.76. The van der Waals surface area contributed by atoms with Gasteiger partial charge in [0.1, 0.15) is 16.5 Å². The Labute approximate surface area is 133 Å². The van der Waals surface area contributed by atoms with Crippen LogP contribution < -0.4 is 9.47 Å². The smallest absolute Gasteiger partial charge is 0.254 e. The average Bonchev–Trinajstić information content (AvgIpc) is 3.23. The lowest BCUT2D eigenvalue weighted by molar-refractivity contribution is 0.0734. The summed E-state index contributed by atoms with van der Waals surface area (Å²) in [6.45, 7) is 0.753. The highest BCUT2D eigenvalue weighted by atomic mass is 32.1. The van der Waals surface area contributed by atoms with E-state index in [1.54, 1.807) is 50.0 Å². The largest absolute Gasteiger partial charge is 0.497 e. The van der Waals surface area contributed by atoms with Gasteiger partial charge < -0.3 is 14.4 Å².